The Morgan fingerprint density at radius 1 is 1.17 bits per heavy atom. The summed E-state index contributed by atoms with van der Waals surface area (Å²) in [4.78, 5) is 32.1. The van der Waals surface area contributed by atoms with E-state index in [2.05, 4.69) is 16.8 Å². The number of aromatic nitrogens is 1. The molecule has 2 aliphatic rings. The monoisotopic (exact) mass is 331 g/mol. The minimum Gasteiger partial charge on any atom is -0.481 e. The van der Waals surface area contributed by atoms with Gasteiger partial charge in [0.1, 0.15) is 5.82 Å². The third-order valence-electron chi connectivity index (χ3n) is 5.32. The van der Waals surface area contributed by atoms with E-state index in [1.54, 1.807) is 11.1 Å². The maximum Gasteiger partial charge on any atom is 0.308 e. The fourth-order valence-electron chi connectivity index (χ4n) is 3.57. The number of rotatable bonds is 3. The average molecular weight is 331 g/mol. The zero-order valence-electron chi connectivity index (χ0n) is 14.3. The van der Waals surface area contributed by atoms with Gasteiger partial charge in [-0.2, -0.15) is 0 Å². The van der Waals surface area contributed by atoms with Crippen LogP contribution in [0.25, 0.3) is 0 Å². The maximum absolute atomic E-state index is 12.6. The molecule has 6 heteroatoms. The van der Waals surface area contributed by atoms with Crippen molar-refractivity contribution in [3.63, 3.8) is 0 Å². The highest BCUT2D eigenvalue weighted by Gasteiger charge is 2.37. The van der Waals surface area contributed by atoms with E-state index >= 15 is 0 Å². The first-order valence-corrected chi connectivity index (χ1v) is 8.68. The summed E-state index contributed by atoms with van der Waals surface area (Å²) in [6.07, 6.45) is 3.96. The van der Waals surface area contributed by atoms with Gasteiger partial charge < -0.3 is 14.9 Å². The first-order valence-electron chi connectivity index (χ1n) is 8.68. The van der Waals surface area contributed by atoms with E-state index in [0.717, 1.165) is 24.8 Å². The smallest absolute Gasteiger partial charge is 0.308 e. The number of pyridine rings is 1. The lowest BCUT2D eigenvalue weighted by Crippen LogP contribution is -2.33. The molecule has 1 amide bonds. The van der Waals surface area contributed by atoms with Gasteiger partial charge in [0.2, 0.25) is 0 Å². The van der Waals surface area contributed by atoms with E-state index in [-0.39, 0.29) is 18.4 Å². The van der Waals surface area contributed by atoms with Gasteiger partial charge in [-0.05, 0) is 36.8 Å². The van der Waals surface area contributed by atoms with E-state index in [4.69, 9.17) is 0 Å². The molecule has 0 bridgehead atoms. The number of piperidine rings is 1. The van der Waals surface area contributed by atoms with Crippen molar-refractivity contribution in [2.45, 2.75) is 26.7 Å². The lowest BCUT2D eigenvalue weighted by Gasteiger charge is -2.31. The Morgan fingerprint density at radius 2 is 1.88 bits per heavy atom. The van der Waals surface area contributed by atoms with Gasteiger partial charge >= 0.3 is 5.97 Å². The summed E-state index contributed by atoms with van der Waals surface area (Å²) < 4.78 is 0. The van der Waals surface area contributed by atoms with Crippen molar-refractivity contribution < 1.29 is 14.7 Å². The fraction of sp³-hybridized carbons (Fsp3) is 0.611. The lowest BCUT2D eigenvalue weighted by molar-refractivity contribution is -0.142. The molecular formula is C18H25N3O3. The Kier molecular flexibility index (Phi) is 4.73. The molecule has 0 aliphatic carbocycles. The Balaban J connectivity index is 1.65. The van der Waals surface area contributed by atoms with E-state index in [0.29, 0.717) is 12.1 Å². The summed E-state index contributed by atoms with van der Waals surface area (Å²) in [5.41, 5.74) is 0.530. The van der Waals surface area contributed by atoms with E-state index in [1.165, 1.54) is 12.8 Å². The molecule has 2 saturated heterocycles. The predicted molar refractivity (Wildman–Crippen MR) is 91.0 cm³/mol. The van der Waals surface area contributed by atoms with Crippen LogP contribution < -0.4 is 4.90 Å². The zero-order valence-corrected chi connectivity index (χ0v) is 14.3. The van der Waals surface area contributed by atoms with Gasteiger partial charge in [-0.25, -0.2) is 4.98 Å². The number of carboxylic acid groups (broad SMARTS) is 1. The first-order chi connectivity index (χ1) is 11.5. The molecule has 3 rings (SSSR count). The van der Waals surface area contributed by atoms with Gasteiger partial charge in [-0.15, -0.1) is 0 Å². The normalized spacial score (nSPS) is 25.1. The third kappa shape index (κ3) is 3.37. The number of carbonyl (C=O) groups excluding carboxylic acids is 1. The summed E-state index contributed by atoms with van der Waals surface area (Å²) in [5, 5.41) is 9.20. The van der Waals surface area contributed by atoms with Crippen molar-refractivity contribution >= 4 is 17.7 Å². The topological polar surface area (TPSA) is 73.7 Å². The van der Waals surface area contributed by atoms with Crippen LogP contribution in [0.1, 0.15) is 37.0 Å². The maximum atomic E-state index is 12.6. The SMILES string of the molecule is CC1CCN(c2ccc(C(=O)N3C[C@@H](C)[C@H](C(=O)O)C3)cn2)CC1. The summed E-state index contributed by atoms with van der Waals surface area (Å²) in [6, 6.07) is 3.71. The molecule has 2 aliphatic heterocycles. The van der Waals surface area contributed by atoms with Crippen LogP contribution in [-0.2, 0) is 4.79 Å². The molecule has 0 saturated carbocycles. The molecule has 1 aromatic heterocycles. The molecule has 0 unspecified atom stereocenters. The molecule has 1 N–H and O–H groups in total. The number of carboxylic acids is 1. The Labute approximate surface area is 142 Å². The quantitative estimate of drug-likeness (QED) is 0.918. The molecule has 0 radical (unpaired) electrons. The second kappa shape index (κ2) is 6.79. The number of likely N-dealkylation sites (tertiary alicyclic amines) is 1. The van der Waals surface area contributed by atoms with Crippen LogP contribution in [0.3, 0.4) is 0 Å². The summed E-state index contributed by atoms with van der Waals surface area (Å²) >= 11 is 0. The van der Waals surface area contributed by atoms with Gasteiger partial charge in [0.15, 0.2) is 0 Å². The molecule has 0 spiro atoms. The molecule has 0 aromatic carbocycles. The van der Waals surface area contributed by atoms with E-state index in [9.17, 15) is 14.7 Å². The Hall–Kier alpha value is -2.11. The Morgan fingerprint density at radius 3 is 2.42 bits per heavy atom. The van der Waals surface area contributed by atoms with Crippen molar-refractivity contribution in [3.05, 3.63) is 23.9 Å². The van der Waals surface area contributed by atoms with Crippen molar-refractivity contribution in [3.8, 4) is 0 Å². The van der Waals surface area contributed by atoms with Crippen LogP contribution in [0.5, 0.6) is 0 Å². The fourth-order valence-corrected chi connectivity index (χ4v) is 3.57. The van der Waals surface area contributed by atoms with Crippen LogP contribution in [0.2, 0.25) is 0 Å². The second-order valence-electron chi connectivity index (χ2n) is 7.21. The van der Waals surface area contributed by atoms with E-state index < -0.39 is 11.9 Å². The van der Waals surface area contributed by atoms with Crippen molar-refractivity contribution in [2.24, 2.45) is 17.8 Å². The van der Waals surface area contributed by atoms with Gasteiger partial charge in [0.25, 0.3) is 5.91 Å². The highest BCUT2D eigenvalue weighted by Crippen LogP contribution is 2.25. The van der Waals surface area contributed by atoms with Gasteiger partial charge in [-0.3, -0.25) is 9.59 Å². The summed E-state index contributed by atoms with van der Waals surface area (Å²) in [5.74, 6) is 0.228. The summed E-state index contributed by atoms with van der Waals surface area (Å²) in [6.45, 7) is 6.93. The number of aliphatic carboxylic acids is 1. The van der Waals surface area contributed by atoms with Crippen LogP contribution in [0, 0.1) is 17.8 Å². The van der Waals surface area contributed by atoms with Crippen molar-refractivity contribution in [2.75, 3.05) is 31.1 Å². The van der Waals surface area contributed by atoms with Crippen LogP contribution in [0.4, 0.5) is 5.82 Å². The van der Waals surface area contributed by atoms with Crippen LogP contribution in [0.15, 0.2) is 18.3 Å². The minimum atomic E-state index is -0.828. The number of hydrogen-bond acceptors (Lipinski definition) is 4. The number of anilines is 1. The Bertz CT molecular complexity index is 608. The molecule has 130 valence electrons. The van der Waals surface area contributed by atoms with Crippen molar-refractivity contribution in [1.82, 2.24) is 9.88 Å². The van der Waals surface area contributed by atoms with Gasteiger partial charge in [-0.1, -0.05) is 13.8 Å². The van der Waals surface area contributed by atoms with Crippen LogP contribution in [-0.4, -0.2) is 53.0 Å². The van der Waals surface area contributed by atoms with E-state index in [1.807, 2.05) is 19.1 Å². The molecule has 3 heterocycles. The first kappa shape index (κ1) is 16.7. The number of hydrogen-bond donors (Lipinski definition) is 1. The molecule has 24 heavy (non-hydrogen) atoms. The van der Waals surface area contributed by atoms with Gasteiger partial charge in [0, 0.05) is 32.4 Å². The standard InChI is InChI=1S/C18H25N3O3/c1-12-5-7-20(8-6-12)16-4-3-14(9-19-16)17(22)21-10-13(2)15(11-21)18(23)24/h3-4,9,12-13,15H,5-8,10-11H2,1-2H3,(H,23,24)/t13-,15-/m1/s1. The number of carbonyl (C=O) groups is 2. The number of nitrogens with zero attached hydrogens (tertiary/aromatic N) is 3. The molecule has 2 atom stereocenters. The zero-order chi connectivity index (χ0) is 17.3. The highest BCUT2D eigenvalue weighted by atomic mass is 16.4. The third-order valence-corrected chi connectivity index (χ3v) is 5.32. The highest BCUT2D eigenvalue weighted by molar-refractivity contribution is 5.94. The second-order valence-corrected chi connectivity index (χ2v) is 7.21. The summed E-state index contributed by atoms with van der Waals surface area (Å²) in [7, 11) is 0. The average Bonchev–Trinajstić information content (AvgIpc) is 2.97. The van der Waals surface area contributed by atoms with Crippen molar-refractivity contribution in [1.29, 1.82) is 0 Å². The number of amides is 1. The molecule has 2 fully saturated rings. The van der Waals surface area contributed by atoms with Gasteiger partial charge in [0.05, 0.1) is 11.5 Å². The minimum absolute atomic E-state index is 0.0194. The molecule has 6 nitrogen and oxygen atoms in total. The predicted octanol–water partition coefficient (Wildman–Crippen LogP) is 2.11. The lowest BCUT2D eigenvalue weighted by atomic mass is 9.99. The molecule has 1 aromatic rings. The molecular weight excluding hydrogens is 306 g/mol. The largest absolute Gasteiger partial charge is 0.481 e. The van der Waals surface area contributed by atoms with Crippen LogP contribution >= 0.6 is 0 Å².